The van der Waals surface area contributed by atoms with Gasteiger partial charge in [-0.2, -0.15) is 5.26 Å². The molecule has 38 heavy (non-hydrogen) atoms. The first-order valence-corrected chi connectivity index (χ1v) is 13.8. The molecule has 0 radical (unpaired) electrons. The van der Waals surface area contributed by atoms with E-state index in [2.05, 4.69) is 20.8 Å². The van der Waals surface area contributed by atoms with Crippen LogP contribution in [0.3, 0.4) is 0 Å². The molecule has 0 bridgehead atoms. The van der Waals surface area contributed by atoms with Crippen molar-refractivity contribution in [3.63, 3.8) is 0 Å². The maximum absolute atomic E-state index is 13.6. The van der Waals surface area contributed by atoms with Crippen LogP contribution in [0.15, 0.2) is 82.1 Å². The van der Waals surface area contributed by atoms with Crippen LogP contribution < -0.4 is 10.5 Å². The number of rotatable bonds is 8. The Bertz CT molecular complexity index is 1790. The van der Waals surface area contributed by atoms with E-state index in [4.69, 9.17) is 10.2 Å². The second kappa shape index (κ2) is 10.2. The lowest BCUT2D eigenvalue weighted by molar-refractivity contribution is 0.0996. The molecule has 1 amide bonds. The van der Waals surface area contributed by atoms with Crippen LogP contribution in [0.25, 0.3) is 21.5 Å². The highest BCUT2D eigenvalue weighted by Gasteiger charge is 2.26. The van der Waals surface area contributed by atoms with Gasteiger partial charge in [-0.05, 0) is 48.4 Å². The predicted octanol–water partition coefficient (Wildman–Crippen LogP) is 4.49. The summed E-state index contributed by atoms with van der Waals surface area (Å²) in [6, 6.07) is 22.0. The number of hydrogen-bond donors (Lipinski definition) is 2. The Morgan fingerprint density at radius 3 is 2.66 bits per heavy atom. The number of primary amides is 1. The molecule has 2 heterocycles. The van der Waals surface area contributed by atoms with Gasteiger partial charge in [0.1, 0.15) is 5.01 Å². The van der Waals surface area contributed by atoms with Gasteiger partial charge in [-0.25, -0.2) is 23.1 Å². The van der Waals surface area contributed by atoms with Crippen LogP contribution >= 0.6 is 11.3 Å². The fourth-order valence-corrected chi connectivity index (χ4v) is 6.41. The Morgan fingerprint density at radius 1 is 1.11 bits per heavy atom. The van der Waals surface area contributed by atoms with E-state index in [1.54, 1.807) is 37.3 Å². The third-order valence-electron chi connectivity index (χ3n) is 5.78. The predicted molar refractivity (Wildman–Crippen MR) is 143 cm³/mol. The third-order valence-corrected chi connectivity index (χ3v) is 8.40. The Labute approximate surface area is 222 Å². The number of sulfonamides is 1. The summed E-state index contributed by atoms with van der Waals surface area (Å²) < 4.78 is 36.5. The molecule has 0 saturated carbocycles. The number of carbonyl (C=O) groups excluding carboxylic acids is 1. The molecule has 0 spiro atoms. The van der Waals surface area contributed by atoms with Gasteiger partial charge in [0.25, 0.3) is 5.91 Å². The molecular weight excluding hydrogens is 522 g/mol. The van der Waals surface area contributed by atoms with Crippen LogP contribution in [0.5, 0.6) is 0 Å². The number of thiazole rings is 1. The molecule has 3 N–H and O–H groups in total. The number of oxazole rings is 1. The van der Waals surface area contributed by atoms with Gasteiger partial charge in [-0.3, -0.25) is 4.79 Å². The topological polar surface area (TPSA) is 152 Å². The highest BCUT2D eigenvalue weighted by molar-refractivity contribution is 7.89. The van der Waals surface area contributed by atoms with E-state index in [9.17, 15) is 18.5 Å². The number of hydrogen-bond acceptors (Lipinski definition) is 8. The summed E-state index contributed by atoms with van der Waals surface area (Å²) in [5.41, 5.74) is 7.73. The van der Waals surface area contributed by atoms with Gasteiger partial charge in [-0.15, -0.1) is 11.3 Å². The average molecular weight is 544 g/mol. The number of nitrogens with one attached hydrogen (secondary N) is 1. The molecule has 0 fully saturated rings. The number of nitrogens with two attached hydrogens (primary N) is 1. The summed E-state index contributed by atoms with van der Waals surface area (Å²) in [6.45, 7) is 1.57. The molecule has 9 nitrogen and oxygen atoms in total. The van der Waals surface area contributed by atoms with Crippen LogP contribution in [-0.4, -0.2) is 24.3 Å². The third kappa shape index (κ3) is 5.19. The van der Waals surface area contributed by atoms with E-state index in [0.29, 0.717) is 16.1 Å². The Morgan fingerprint density at radius 2 is 1.89 bits per heavy atom. The van der Waals surface area contributed by atoms with Crippen LogP contribution in [0.4, 0.5) is 0 Å². The average Bonchev–Trinajstić information content (AvgIpc) is 3.52. The standard InChI is InChI=1S/C27H21N5O4S2/c1-16-30-24(26(29)33)25(36-16)19-8-5-9-20(14-19)38(34,35)32-22(13-17-6-4-7-18(12-17)15-28)27-31-21-10-2-3-11-23(21)37-27/h2-12,14,22,32H,13H2,1H3,(H2,29,33). The highest BCUT2D eigenvalue weighted by atomic mass is 32.2. The molecule has 0 aliphatic rings. The van der Waals surface area contributed by atoms with Crippen LogP contribution in [0, 0.1) is 18.3 Å². The Kier molecular flexibility index (Phi) is 6.77. The second-order valence-corrected chi connectivity index (χ2v) is 11.3. The van der Waals surface area contributed by atoms with E-state index in [1.165, 1.54) is 23.5 Å². The fourth-order valence-electron chi connectivity index (χ4n) is 4.07. The van der Waals surface area contributed by atoms with E-state index in [0.717, 1.165) is 15.8 Å². The fraction of sp³-hybridized carbons (Fsp3) is 0.111. The van der Waals surface area contributed by atoms with Crippen molar-refractivity contribution in [2.24, 2.45) is 5.73 Å². The van der Waals surface area contributed by atoms with Crippen molar-refractivity contribution in [2.75, 3.05) is 0 Å². The number of para-hydroxylation sites is 1. The summed E-state index contributed by atoms with van der Waals surface area (Å²) >= 11 is 1.40. The molecule has 3 aromatic carbocycles. The summed E-state index contributed by atoms with van der Waals surface area (Å²) in [5.74, 6) is -0.447. The van der Waals surface area contributed by atoms with Crippen molar-refractivity contribution in [1.82, 2.24) is 14.7 Å². The first kappa shape index (κ1) is 25.3. The first-order chi connectivity index (χ1) is 18.2. The van der Waals surface area contributed by atoms with Gasteiger partial charge in [-0.1, -0.05) is 36.4 Å². The van der Waals surface area contributed by atoms with Gasteiger partial charge < -0.3 is 10.2 Å². The van der Waals surface area contributed by atoms with Crippen molar-refractivity contribution in [1.29, 1.82) is 5.26 Å². The minimum absolute atomic E-state index is 0.0311. The number of nitriles is 1. The maximum atomic E-state index is 13.6. The first-order valence-electron chi connectivity index (χ1n) is 11.5. The molecule has 1 atom stereocenters. The van der Waals surface area contributed by atoms with Crippen LogP contribution in [-0.2, 0) is 16.4 Å². The molecule has 5 aromatic rings. The lowest BCUT2D eigenvalue weighted by Crippen LogP contribution is -2.30. The van der Waals surface area contributed by atoms with Crippen molar-refractivity contribution in [3.05, 3.63) is 101 Å². The molecule has 5 rings (SSSR count). The quantitative estimate of drug-likeness (QED) is 0.292. The van der Waals surface area contributed by atoms with Gasteiger partial charge in [0.15, 0.2) is 17.3 Å². The number of aromatic nitrogens is 2. The smallest absolute Gasteiger partial charge is 0.271 e. The summed E-state index contributed by atoms with van der Waals surface area (Å²) in [5, 5.41) is 9.90. The molecule has 0 aliphatic heterocycles. The molecule has 2 aromatic heterocycles. The lowest BCUT2D eigenvalue weighted by Gasteiger charge is -2.17. The van der Waals surface area contributed by atoms with E-state index < -0.39 is 22.0 Å². The summed E-state index contributed by atoms with van der Waals surface area (Å²) in [6.07, 6.45) is 0.279. The summed E-state index contributed by atoms with van der Waals surface area (Å²) in [7, 11) is -4.06. The number of aryl methyl sites for hydroxylation is 1. The van der Waals surface area contributed by atoms with Crippen LogP contribution in [0.2, 0.25) is 0 Å². The van der Waals surface area contributed by atoms with Crippen molar-refractivity contribution in [3.8, 4) is 17.4 Å². The van der Waals surface area contributed by atoms with Gasteiger partial charge in [0.2, 0.25) is 10.0 Å². The van der Waals surface area contributed by atoms with Crippen molar-refractivity contribution < 1.29 is 17.6 Å². The number of benzene rings is 3. The second-order valence-electron chi connectivity index (χ2n) is 8.51. The zero-order chi connectivity index (χ0) is 26.9. The molecule has 1 unspecified atom stereocenters. The van der Waals surface area contributed by atoms with Gasteiger partial charge >= 0.3 is 0 Å². The van der Waals surface area contributed by atoms with Gasteiger partial charge in [0.05, 0.1) is 32.8 Å². The molecule has 11 heteroatoms. The minimum Gasteiger partial charge on any atom is -0.440 e. The molecule has 190 valence electrons. The Hall–Kier alpha value is -4.37. The van der Waals surface area contributed by atoms with E-state index in [-0.39, 0.29) is 28.7 Å². The summed E-state index contributed by atoms with van der Waals surface area (Å²) in [4.78, 5) is 20.5. The number of amides is 1. The Balaban J connectivity index is 1.53. The SMILES string of the molecule is Cc1nc(C(N)=O)c(-c2cccc(S(=O)(=O)NC(Cc3cccc(C#N)c3)c3nc4ccccc4s3)c2)o1. The lowest BCUT2D eigenvalue weighted by atomic mass is 10.0. The van der Waals surface area contributed by atoms with Gasteiger partial charge in [0, 0.05) is 12.5 Å². The maximum Gasteiger partial charge on any atom is 0.271 e. The normalized spacial score (nSPS) is 12.3. The zero-order valence-electron chi connectivity index (χ0n) is 20.1. The zero-order valence-corrected chi connectivity index (χ0v) is 21.7. The number of nitrogens with zero attached hydrogens (tertiary/aromatic N) is 3. The van der Waals surface area contributed by atoms with E-state index >= 15 is 0 Å². The largest absolute Gasteiger partial charge is 0.440 e. The van der Waals surface area contributed by atoms with Crippen molar-refractivity contribution in [2.45, 2.75) is 24.3 Å². The van der Waals surface area contributed by atoms with Crippen molar-refractivity contribution >= 4 is 37.5 Å². The highest BCUT2D eigenvalue weighted by Crippen LogP contribution is 2.31. The number of fused-ring (bicyclic) bond motifs is 1. The molecule has 0 saturated heterocycles. The van der Waals surface area contributed by atoms with E-state index in [1.807, 2.05) is 30.3 Å². The molecule has 0 aliphatic carbocycles. The minimum atomic E-state index is -4.06. The monoisotopic (exact) mass is 543 g/mol. The number of carbonyl (C=O) groups is 1. The molecular formula is C27H21N5O4S2. The van der Waals surface area contributed by atoms with Crippen LogP contribution in [0.1, 0.15) is 38.6 Å².